The van der Waals surface area contributed by atoms with Gasteiger partial charge in [0.05, 0.1) is 28.8 Å². The van der Waals surface area contributed by atoms with Crippen molar-refractivity contribution in [3.8, 4) is 11.4 Å². The van der Waals surface area contributed by atoms with Crippen LogP contribution >= 0.6 is 0 Å². The van der Waals surface area contributed by atoms with Gasteiger partial charge in [-0.2, -0.15) is 0 Å². The Kier molecular flexibility index (Phi) is 7.21. The van der Waals surface area contributed by atoms with Crippen LogP contribution < -0.4 is 5.32 Å². The molecule has 0 bridgehead atoms. The van der Waals surface area contributed by atoms with Crippen molar-refractivity contribution in [2.45, 2.75) is 26.4 Å². The lowest BCUT2D eigenvalue weighted by molar-refractivity contribution is -0.124. The van der Waals surface area contributed by atoms with E-state index in [9.17, 15) is 14.4 Å². The zero-order valence-corrected chi connectivity index (χ0v) is 19.4. The van der Waals surface area contributed by atoms with E-state index in [1.807, 2.05) is 30.3 Å². The van der Waals surface area contributed by atoms with E-state index in [0.29, 0.717) is 28.2 Å². The van der Waals surface area contributed by atoms with Crippen molar-refractivity contribution in [1.29, 1.82) is 0 Å². The van der Waals surface area contributed by atoms with E-state index >= 15 is 0 Å². The van der Waals surface area contributed by atoms with Crippen molar-refractivity contribution < 1.29 is 23.9 Å². The van der Waals surface area contributed by atoms with Crippen molar-refractivity contribution >= 4 is 34.6 Å². The van der Waals surface area contributed by atoms with Gasteiger partial charge in [-0.1, -0.05) is 37.3 Å². The Labute approximate surface area is 202 Å². The molecule has 1 atom stereocenters. The molecule has 3 aromatic carbocycles. The number of para-hydroxylation sites is 2. The molecule has 0 aliphatic rings. The highest BCUT2D eigenvalue weighted by atomic mass is 16.5. The van der Waals surface area contributed by atoms with Crippen LogP contribution in [-0.4, -0.2) is 40.5 Å². The molecule has 35 heavy (non-hydrogen) atoms. The number of esters is 2. The highest BCUT2D eigenvalue weighted by Crippen LogP contribution is 2.25. The van der Waals surface area contributed by atoms with Crippen LogP contribution in [0.15, 0.2) is 72.8 Å². The maximum atomic E-state index is 13.1. The Morgan fingerprint density at radius 3 is 2.34 bits per heavy atom. The monoisotopic (exact) mass is 471 g/mol. The van der Waals surface area contributed by atoms with E-state index in [-0.39, 0.29) is 13.0 Å². The quantitative estimate of drug-likeness (QED) is 0.351. The first kappa shape index (κ1) is 23.7. The third-order valence-electron chi connectivity index (χ3n) is 5.37. The van der Waals surface area contributed by atoms with Crippen molar-refractivity contribution in [2.75, 3.05) is 11.9 Å². The number of nitrogens with one attached hydrogen (secondary N) is 2. The summed E-state index contributed by atoms with van der Waals surface area (Å²) in [6.45, 7) is 3.76. The lowest BCUT2D eigenvalue weighted by Crippen LogP contribution is -2.32. The summed E-state index contributed by atoms with van der Waals surface area (Å²) in [5.41, 5.74) is 3.37. The first-order chi connectivity index (χ1) is 17.0. The molecule has 0 spiro atoms. The van der Waals surface area contributed by atoms with Gasteiger partial charge >= 0.3 is 11.9 Å². The van der Waals surface area contributed by atoms with Gasteiger partial charge in [0.1, 0.15) is 5.82 Å². The zero-order chi connectivity index (χ0) is 24.8. The summed E-state index contributed by atoms with van der Waals surface area (Å²) < 4.78 is 10.5. The van der Waals surface area contributed by atoms with Gasteiger partial charge in [0.25, 0.3) is 5.91 Å². The number of imidazole rings is 1. The molecular formula is C27H25N3O5. The molecule has 8 nitrogen and oxygen atoms in total. The van der Waals surface area contributed by atoms with Crippen LogP contribution in [-0.2, 0) is 14.3 Å². The minimum Gasteiger partial charge on any atom is -0.462 e. The molecular weight excluding hydrogens is 446 g/mol. The second-order valence-electron chi connectivity index (χ2n) is 7.74. The summed E-state index contributed by atoms with van der Waals surface area (Å²) >= 11 is 0. The van der Waals surface area contributed by atoms with Gasteiger partial charge in [-0.25, -0.2) is 14.6 Å². The number of hydrogen-bond acceptors (Lipinski definition) is 6. The molecule has 8 heteroatoms. The van der Waals surface area contributed by atoms with Crippen LogP contribution in [0.5, 0.6) is 0 Å². The summed E-state index contributed by atoms with van der Waals surface area (Å²) in [7, 11) is 0. The lowest BCUT2D eigenvalue weighted by Gasteiger charge is -2.17. The molecule has 0 saturated carbocycles. The van der Waals surface area contributed by atoms with E-state index in [1.165, 1.54) is 0 Å². The van der Waals surface area contributed by atoms with Crippen molar-refractivity contribution in [2.24, 2.45) is 0 Å². The number of ether oxygens (including phenoxy) is 2. The summed E-state index contributed by atoms with van der Waals surface area (Å²) in [5.74, 6) is -0.988. The highest BCUT2D eigenvalue weighted by molar-refractivity contribution is 6.01. The fraction of sp³-hybridized carbons (Fsp3) is 0.185. The van der Waals surface area contributed by atoms with E-state index in [0.717, 1.165) is 11.0 Å². The Hall–Kier alpha value is -4.46. The molecule has 0 radical (unpaired) electrons. The fourth-order valence-corrected chi connectivity index (χ4v) is 3.59. The predicted octanol–water partition coefficient (Wildman–Crippen LogP) is 4.98. The minimum atomic E-state index is -1.00. The molecule has 1 aromatic heterocycles. The van der Waals surface area contributed by atoms with E-state index in [4.69, 9.17) is 9.47 Å². The maximum Gasteiger partial charge on any atom is 0.339 e. The number of fused-ring (bicyclic) bond motifs is 1. The number of rotatable bonds is 8. The average Bonchev–Trinajstić information content (AvgIpc) is 3.32. The molecule has 178 valence electrons. The number of aromatic nitrogens is 2. The largest absolute Gasteiger partial charge is 0.462 e. The van der Waals surface area contributed by atoms with Crippen molar-refractivity contribution in [3.63, 3.8) is 0 Å². The topological polar surface area (TPSA) is 110 Å². The van der Waals surface area contributed by atoms with Gasteiger partial charge in [0, 0.05) is 11.3 Å². The van der Waals surface area contributed by atoms with Crippen LogP contribution in [0, 0.1) is 0 Å². The molecule has 1 unspecified atom stereocenters. The van der Waals surface area contributed by atoms with Gasteiger partial charge in [-0.15, -0.1) is 0 Å². The second-order valence-corrected chi connectivity index (χ2v) is 7.74. The van der Waals surface area contributed by atoms with Crippen LogP contribution in [0.4, 0.5) is 5.69 Å². The van der Waals surface area contributed by atoms with Gasteiger partial charge in [0.2, 0.25) is 0 Å². The first-order valence-corrected chi connectivity index (χ1v) is 11.3. The number of aromatic amines is 1. The summed E-state index contributed by atoms with van der Waals surface area (Å²) in [6, 6.07) is 20.8. The predicted molar refractivity (Wildman–Crippen MR) is 132 cm³/mol. The molecule has 0 aliphatic heterocycles. The number of anilines is 1. The molecule has 2 N–H and O–H groups in total. The van der Waals surface area contributed by atoms with Gasteiger partial charge in [0.15, 0.2) is 6.10 Å². The molecule has 0 saturated heterocycles. The lowest BCUT2D eigenvalue weighted by atomic mass is 10.1. The highest BCUT2D eigenvalue weighted by Gasteiger charge is 2.24. The normalized spacial score (nSPS) is 11.6. The molecule has 0 fully saturated rings. The number of nitrogens with zero attached hydrogens (tertiary/aromatic N) is 1. The number of amides is 1. The minimum absolute atomic E-state index is 0.278. The first-order valence-electron chi connectivity index (χ1n) is 11.3. The number of carbonyl (C=O) groups is 3. The maximum absolute atomic E-state index is 13.1. The van der Waals surface area contributed by atoms with E-state index < -0.39 is 23.9 Å². The van der Waals surface area contributed by atoms with Gasteiger partial charge < -0.3 is 19.8 Å². The SMILES string of the molecule is CCOC(=O)c1ccc(NC(=O)C(CC)OC(=O)c2ccccc2-c2nc3ccccc3[nH]2)cc1. The summed E-state index contributed by atoms with van der Waals surface area (Å²) in [4.78, 5) is 45.5. The van der Waals surface area contributed by atoms with Crippen molar-refractivity contribution in [3.05, 3.63) is 83.9 Å². The number of benzene rings is 3. The average molecular weight is 472 g/mol. The van der Waals surface area contributed by atoms with Crippen LogP contribution in [0.3, 0.4) is 0 Å². The standard InChI is InChI=1S/C27H25N3O5/c1-3-23(25(31)28-18-15-13-17(14-16-18)26(32)34-4-2)35-27(33)20-10-6-5-9-19(20)24-29-21-11-7-8-12-22(21)30-24/h5-16,23H,3-4H2,1-2H3,(H,28,31)(H,29,30). The van der Waals surface area contributed by atoms with Crippen LogP contribution in [0.25, 0.3) is 22.4 Å². The number of hydrogen-bond donors (Lipinski definition) is 2. The molecule has 0 aliphatic carbocycles. The van der Waals surface area contributed by atoms with E-state index in [1.54, 1.807) is 56.3 Å². The zero-order valence-electron chi connectivity index (χ0n) is 19.4. The Morgan fingerprint density at radius 2 is 1.63 bits per heavy atom. The molecule has 4 aromatic rings. The van der Waals surface area contributed by atoms with Gasteiger partial charge in [-0.05, 0) is 55.8 Å². The van der Waals surface area contributed by atoms with Crippen LogP contribution in [0.2, 0.25) is 0 Å². The van der Waals surface area contributed by atoms with Gasteiger partial charge in [-0.3, -0.25) is 4.79 Å². The second kappa shape index (κ2) is 10.6. The van der Waals surface area contributed by atoms with Crippen LogP contribution in [0.1, 0.15) is 41.0 Å². The third-order valence-corrected chi connectivity index (χ3v) is 5.37. The van der Waals surface area contributed by atoms with Crippen molar-refractivity contribution in [1.82, 2.24) is 9.97 Å². The molecule has 1 heterocycles. The third kappa shape index (κ3) is 5.38. The molecule has 4 rings (SSSR count). The Bertz CT molecular complexity index is 1330. The smallest absolute Gasteiger partial charge is 0.339 e. The number of H-pyrrole nitrogens is 1. The van der Waals surface area contributed by atoms with E-state index in [2.05, 4.69) is 15.3 Å². The summed E-state index contributed by atoms with van der Waals surface area (Å²) in [5, 5.41) is 2.73. The fourth-order valence-electron chi connectivity index (χ4n) is 3.59. The molecule has 1 amide bonds. The number of carbonyl (C=O) groups excluding carboxylic acids is 3. The Morgan fingerprint density at radius 1 is 0.914 bits per heavy atom. The Balaban J connectivity index is 1.48. The summed E-state index contributed by atoms with van der Waals surface area (Å²) in [6.07, 6.45) is -0.721.